The molecule has 0 spiro atoms. The van der Waals surface area contributed by atoms with Crippen LogP contribution in [0.4, 0.5) is 11.4 Å². The molecule has 0 N–H and O–H groups in total. The summed E-state index contributed by atoms with van der Waals surface area (Å²) in [5.74, 6) is 0. The maximum atomic E-state index is 5.73. The minimum absolute atomic E-state index is 0.111. The molecule has 0 saturated carbocycles. The fourth-order valence-electron chi connectivity index (χ4n) is 2.21. The quantitative estimate of drug-likeness (QED) is 0.788. The maximum absolute atomic E-state index is 5.73. The number of anilines is 1. The number of hydrogen-bond donors (Lipinski definition) is 0. The van der Waals surface area contributed by atoms with Crippen molar-refractivity contribution in [1.82, 2.24) is 0 Å². The highest BCUT2D eigenvalue weighted by Crippen LogP contribution is 2.25. The van der Waals surface area contributed by atoms with Gasteiger partial charge in [-0.1, -0.05) is 42.5 Å². The molecule has 1 aliphatic heterocycles. The summed E-state index contributed by atoms with van der Waals surface area (Å²) >= 11 is 0. The first-order valence-corrected chi connectivity index (χ1v) is 6.62. The van der Waals surface area contributed by atoms with Crippen LogP contribution in [0, 0.1) is 0 Å². The first-order valence-electron chi connectivity index (χ1n) is 6.62. The van der Waals surface area contributed by atoms with Crippen molar-refractivity contribution in [2.75, 3.05) is 11.5 Å². The van der Waals surface area contributed by atoms with Crippen LogP contribution in [0.3, 0.4) is 0 Å². The third-order valence-corrected chi connectivity index (χ3v) is 3.21. The van der Waals surface area contributed by atoms with Crippen molar-refractivity contribution in [2.24, 2.45) is 4.99 Å². The van der Waals surface area contributed by atoms with Gasteiger partial charge in [0.05, 0.1) is 11.7 Å². The molecule has 0 amide bonds. The largest absolute Gasteiger partial charge is 0.462 e. The number of aliphatic imine (C=N–C) groups is 1. The van der Waals surface area contributed by atoms with Crippen LogP contribution in [-0.4, -0.2) is 18.7 Å². The van der Waals surface area contributed by atoms with Gasteiger partial charge in [-0.3, -0.25) is 4.90 Å². The standard InChI is InChI=1S/C17H16N2O/c1-2-15-13-20-17(18-14-9-5-3-6-10-14)19(15)16-11-7-4-8-12-16/h2-12,15H,1,13H2. The van der Waals surface area contributed by atoms with Gasteiger partial charge in [0, 0.05) is 5.69 Å². The van der Waals surface area contributed by atoms with Crippen molar-refractivity contribution in [2.45, 2.75) is 6.04 Å². The van der Waals surface area contributed by atoms with E-state index in [1.54, 1.807) is 0 Å². The van der Waals surface area contributed by atoms with Crippen LogP contribution in [0.5, 0.6) is 0 Å². The molecule has 1 fully saturated rings. The number of amidine groups is 1. The van der Waals surface area contributed by atoms with E-state index in [0.29, 0.717) is 12.6 Å². The van der Waals surface area contributed by atoms with Crippen LogP contribution in [0.2, 0.25) is 0 Å². The lowest BCUT2D eigenvalue weighted by atomic mass is 10.2. The Morgan fingerprint density at radius 1 is 1.05 bits per heavy atom. The van der Waals surface area contributed by atoms with Gasteiger partial charge in [0.25, 0.3) is 6.02 Å². The van der Waals surface area contributed by atoms with Crippen LogP contribution < -0.4 is 4.90 Å². The van der Waals surface area contributed by atoms with E-state index in [1.807, 2.05) is 66.7 Å². The molecule has 2 aromatic carbocycles. The lowest BCUT2D eigenvalue weighted by Gasteiger charge is -2.21. The average Bonchev–Trinajstić information content (AvgIpc) is 2.92. The topological polar surface area (TPSA) is 24.8 Å². The lowest BCUT2D eigenvalue weighted by molar-refractivity contribution is 0.339. The van der Waals surface area contributed by atoms with Gasteiger partial charge in [-0.05, 0) is 24.3 Å². The number of benzene rings is 2. The first kappa shape index (κ1) is 12.5. The molecule has 3 rings (SSSR count). The van der Waals surface area contributed by atoms with Gasteiger partial charge in [-0.15, -0.1) is 6.58 Å². The summed E-state index contributed by atoms with van der Waals surface area (Å²) in [5.41, 5.74) is 1.94. The van der Waals surface area contributed by atoms with E-state index in [2.05, 4.69) is 16.5 Å². The third-order valence-electron chi connectivity index (χ3n) is 3.21. The number of hydrogen-bond acceptors (Lipinski definition) is 2. The third kappa shape index (κ3) is 2.43. The van der Waals surface area contributed by atoms with E-state index >= 15 is 0 Å². The van der Waals surface area contributed by atoms with Gasteiger partial charge in [-0.25, -0.2) is 0 Å². The predicted octanol–water partition coefficient (Wildman–Crippen LogP) is 3.77. The van der Waals surface area contributed by atoms with Crippen LogP contribution in [0.25, 0.3) is 0 Å². The van der Waals surface area contributed by atoms with Crippen molar-refractivity contribution in [3.05, 3.63) is 73.3 Å². The minimum atomic E-state index is 0.111. The smallest absolute Gasteiger partial charge is 0.297 e. The summed E-state index contributed by atoms with van der Waals surface area (Å²) in [7, 11) is 0. The zero-order valence-corrected chi connectivity index (χ0v) is 11.1. The minimum Gasteiger partial charge on any atom is -0.462 e. The predicted molar refractivity (Wildman–Crippen MR) is 82.4 cm³/mol. The molecule has 1 atom stereocenters. The Morgan fingerprint density at radius 2 is 1.70 bits per heavy atom. The molecular formula is C17H16N2O. The fraction of sp³-hybridized carbons (Fsp3) is 0.118. The maximum Gasteiger partial charge on any atom is 0.297 e. The molecule has 1 saturated heterocycles. The van der Waals surface area contributed by atoms with Gasteiger partial charge < -0.3 is 4.74 Å². The van der Waals surface area contributed by atoms with Crippen molar-refractivity contribution < 1.29 is 4.74 Å². The highest BCUT2D eigenvalue weighted by molar-refractivity contribution is 5.96. The summed E-state index contributed by atoms with van der Waals surface area (Å²) in [6, 6.07) is 20.7. The Balaban J connectivity index is 1.98. The number of para-hydroxylation sites is 2. The Kier molecular flexibility index (Phi) is 3.50. The second-order valence-corrected chi connectivity index (χ2v) is 4.55. The molecule has 1 aliphatic rings. The van der Waals surface area contributed by atoms with Crippen molar-refractivity contribution in [3.63, 3.8) is 0 Å². The molecule has 3 nitrogen and oxygen atoms in total. The van der Waals surface area contributed by atoms with Crippen LogP contribution in [0.1, 0.15) is 0 Å². The summed E-state index contributed by atoms with van der Waals surface area (Å²) < 4.78 is 5.73. The number of nitrogens with zero attached hydrogens (tertiary/aromatic N) is 2. The molecule has 100 valence electrons. The number of ether oxygens (including phenoxy) is 1. The second kappa shape index (κ2) is 5.61. The van der Waals surface area contributed by atoms with Crippen molar-refractivity contribution in [3.8, 4) is 0 Å². The van der Waals surface area contributed by atoms with Gasteiger partial charge in [0.15, 0.2) is 0 Å². The van der Waals surface area contributed by atoms with Crippen molar-refractivity contribution >= 4 is 17.4 Å². The van der Waals surface area contributed by atoms with Crippen LogP contribution >= 0.6 is 0 Å². The molecule has 0 radical (unpaired) electrons. The lowest BCUT2D eigenvalue weighted by Crippen LogP contribution is -2.32. The van der Waals surface area contributed by atoms with E-state index in [4.69, 9.17) is 4.74 Å². The second-order valence-electron chi connectivity index (χ2n) is 4.55. The Labute approximate surface area is 118 Å². The van der Waals surface area contributed by atoms with E-state index in [9.17, 15) is 0 Å². The van der Waals surface area contributed by atoms with Gasteiger partial charge >= 0.3 is 0 Å². The Hall–Kier alpha value is -2.55. The van der Waals surface area contributed by atoms with Crippen molar-refractivity contribution in [1.29, 1.82) is 0 Å². The molecule has 20 heavy (non-hydrogen) atoms. The summed E-state index contributed by atoms with van der Waals surface area (Å²) in [6.45, 7) is 4.46. The molecule has 0 aliphatic carbocycles. The normalized spacial score (nSPS) is 19.9. The van der Waals surface area contributed by atoms with E-state index in [-0.39, 0.29) is 6.04 Å². The van der Waals surface area contributed by atoms with Crippen LogP contribution in [-0.2, 0) is 4.74 Å². The zero-order chi connectivity index (χ0) is 13.8. The van der Waals surface area contributed by atoms with E-state index in [0.717, 1.165) is 11.4 Å². The molecule has 3 heteroatoms. The molecule has 1 unspecified atom stereocenters. The van der Waals surface area contributed by atoms with Gasteiger partial charge in [0.2, 0.25) is 0 Å². The number of rotatable bonds is 3. The van der Waals surface area contributed by atoms with Gasteiger partial charge in [0.1, 0.15) is 6.61 Å². The highest BCUT2D eigenvalue weighted by Gasteiger charge is 2.30. The summed E-state index contributed by atoms with van der Waals surface area (Å²) in [6.07, 6.45) is 1.89. The monoisotopic (exact) mass is 264 g/mol. The van der Waals surface area contributed by atoms with Gasteiger partial charge in [-0.2, -0.15) is 4.99 Å². The highest BCUT2D eigenvalue weighted by atomic mass is 16.5. The van der Waals surface area contributed by atoms with E-state index in [1.165, 1.54) is 0 Å². The average molecular weight is 264 g/mol. The Bertz CT molecular complexity index is 607. The summed E-state index contributed by atoms with van der Waals surface area (Å²) in [5, 5.41) is 0. The molecule has 0 aromatic heterocycles. The summed E-state index contributed by atoms with van der Waals surface area (Å²) in [4.78, 5) is 6.66. The molecule has 2 aromatic rings. The zero-order valence-electron chi connectivity index (χ0n) is 11.1. The first-order chi connectivity index (χ1) is 9.88. The molecule has 1 heterocycles. The fourth-order valence-corrected chi connectivity index (χ4v) is 2.21. The SMILES string of the molecule is C=CC1COC(=Nc2ccccc2)N1c1ccccc1. The van der Waals surface area contributed by atoms with E-state index < -0.39 is 0 Å². The Morgan fingerprint density at radius 3 is 2.35 bits per heavy atom. The van der Waals surface area contributed by atoms with Crippen LogP contribution in [0.15, 0.2) is 78.3 Å². The molecular weight excluding hydrogens is 248 g/mol. The molecule has 0 bridgehead atoms.